The van der Waals surface area contributed by atoms with Gasteiger partial charge in [0.25, 0.3) is 5.91 Å². The van der Waals surface area contributed by atoms with E-state index >= 15 is 0 Å². The minimum absolute atomic E-state index is 0.0902. The van der Waals surface area contributed by atoms with Gasteiger partial charge in [-0.3, -0.25) is 4.79 Å². The maximum absolute atomic E-state index is 13.9. The highest BCUT2D eigenvalue weighted by Crippen LogP contribution is 2.44. The number of ether oxygens (including phenoxy) is 2. The zero-order valence-corrected chi connectivity index (χ0v) is 20.9. The Hall–Kier alpha value is -2.91. The van der Waals surface area contributed by atoms with E-state index in [4.69, 9.17) is 9.47 Å². The molecule has 1 aliphatic heterocycles. The summed E-state index contributed by atoms with van der Waals surface area (Å²) < 4.78 is 25.7. The van der Waals surface area contributed by atoms with Crippen LogP contribution in [0.1, 0.15) is 29.1 Å². The molecule has 1 aliphatic rings. The number of fused-ring (bicyclic) bond motifs is 1. The van der Waals surface area contributed by atoms with Crippen LogP contribution in [0.4, 0.5) is 15.8 Å². The van der Waals surface area contributed by atoms with Crippen molar-refractivity contribution in [2.24, 2.45) is 0 Å². The van der Waals surface area contributed by atoms with Gasteiger partial charge in [-0.05, 0) is 65.7 Å². The Kier molecular flexibility index (Phi) is 6.20. The van der Waals surface area contributed by atoms with Crippen LogP contribution in [0.5, 0.6) is 5.75 Å². The van der Waals surface area contributed by atoms with Crippen LogP contribution < -0.4 is 15.0 Å². The highest BCUT2D eigenvalue weighted by atomic mass is 79.9. The van der Waals surface area contributed by atoms with Gasteiger partial charge in [0, 0.05) is 24.2 Å². The number of thiophene rings is 1. The van der Waals surface area contributed by atoms with Crippen molar-refractivity contribution in [2.75, 3.05) is 24.4 Å². The molecule has 2 aromatic carbocycles. The van der Waals surface area contributed by atoms with E-state index in [-0.39, 0.29) is 12.5 Å². The fraction of sp³-hybridized carbons (Fsp3) is 0.250. The van der Waals surface area contributed by atoms with Gasteiger partial charge in [-0.1, -0.05) is 6.07 Å². The number of carbonyl (C=O) groups is 2. The van der Waals surface area contributed by atoms with E-state index in [1.807, 2.05) is 12.1 Å². The number of amides is 1. The third kappa shape index (κ3) is 4.35. The van der Waals surface area contributed by atoms with Crippen molar-refractivity contribution >= 4 is 50.5 Å². The number of hydrogen-bond donors (Lipinski definition) is 1. The molecule has 0 unspecified atom stereocenters. The van der Waals surface area contributed by atoms with Crippen LogP contribution in [0.25, 0.3) is 11.1 Å². The molecule has 0 bridgehead atoms. The lowest BCUT2D eigenvalue weighted by molar-refractivity contribution is -0.121. The highest BCUT2D eigenvalue weighted by molar-refractivity contribution is 9.11. The van der Waals surface area contributed by atoms with Crippen LogP contribution in [0, 0.1) is 5.82 Å². The molecule has 33 heavy (non-hydrogen) atoms. The minimum atomic E-state index is -0.798. The summed E-state index contributed by atoms with van der Waals surface area (Å²) in [7, 11) is 3.15. The molecule has 3 aromatic rings. The fourth-order valence-electron chi connectivity index (χ4n) is 3.95. The first-order valence-corrected chi connectivity index (χ1v) is 11.7. The third-order valence-corrected chi connectivity index (χ3v) is 7.08. The van der Waals surface area contributed by atoms with Gasteiger partial charge in [0.05, 0.1) is 22.3 Å². The van der Waals surface area contributed by atoms with E-state index in [0.29, 0.717) is 33.0 Å². The molecule has 4 rings (SSSR count). The third-order valence-electron chi connectivity index (χ3n) is 5.48. The molecule has 0 spiro atoms. The van der Waals surface area contributed by atoms with E-state index in [9.17, 15) is 14.0 Å². The zero-order valence-electron chi connectivity index (χ0n) is 18.5. The summed E-state index contributed by atoms with van der Waals surface area (Å²) >= 11 is 4.62. The van der Waals surface area contributed by atoms with Gasteiger partial charge in [0.1, 0.15) is 28.6 Å². The number of carbonyl (C=O) groups excluding carboxylic acids is 2. The number of halogens is 2. The lowest BCUT2D eigenvalue weighted by Gasteiger charge is -2.39. The molecule has 0 radical (unpaired) electrons. The van der Waals surface area contributed by atoms with Gasteiger partial charge < -0.3 is 19.7 Å². The van der Waals surface area contributed by atoms with Crippen LogP contribution in [-0.4, -0.2) is 31.6 Å². The SMILES string of the molecule is COc1cc(F)ccc1-c1ccc2c(c1COC(=O)c1ccc(Br)s1)N(C)C(=O)C(C)(C)N2. The quantitative estimate of drug-likeness (QED) is 0.417. The molecule has 2 heterocycles. The van der Waals surface area contributed by atoms with Gasteiger partial charge in [-0.2, -0.15) is 0 Å². The summed E-state index contributed by atoms with van der Waals surface area (Å²) in [6, 6.07) is 11.4. The summed E-state index contributed by atoms with van der Waals surface area (Å²) in [4.78, 5) is 27.7. The van der Waals surface area contributed by atoms with Gasteiger partial charge >= 0.3 is 5.97 Å². The number of anilines is 2. The fourth-order valence-corrected chi connectivity index (χ4v) is 5.23. The summed E-state index contributed by atoms with van der Waals surface area (Å²) in [5, 5.41) is 3.27. The number of esters is 1. The van der Waals surface area contributed by atoms with E-state index in [1.54, 1.807) is 44.0 Å². The predicted molar refractivity (Wildman–Crippen MR) is 131 cm³/mol. The summed E-state index contributed by atoms with van der Waals surface area (Å²) in [6.45, 7) is 3.52. The Morgan fingerprint density at radius 3 is 2.58 bits per heavy atom. The minimum Gasteiger partial charge on any atom is -0.496 e. The first-order chi connectivity index (χ1) is 15.6. The molecular formula is C24H22BrFN2O4S. The number of benzene rings is 2. The smallest absolute Gasteiger partial charge is 0.348 e. The normalized spacial score (nSPS) is 14.5. The molecule has 0 aliphatic carbocycles. The number of hydrogen-bond acceptors (Lipinski definition) is 6. The second-order valence-corrected chi connectivity index (χ2v) is 10.6. The maximum atomic E-state index is 13.9. The van der Waals surface area contributed by atoms with Crippen molar-refractivity contribution in [1.82, 2.24) is 0 Å². The molecule has 0 saturated heterocycles. The molecule has 1 aromatic heterocycles. The van der Waals surface area contributed by atoms with Gasteiger partial charge in [0.2, 0.25) is 0 Å². The molecule has 172 valence electrons. The van der Waals surface area contributed by atoms with E-state index < -0.39 is 17.3 Å². The molecular weight excluding hydrogens is 511 g/mol. The van der Waals surface area contributed by atoms with Gasteiger partial charge in [-0.25, -0.2) is 9.18 Å². The van der Waals surface area contributed by atoms with Crippen molar-refractivity contribution in [1.29, 1.82) is 0 Å². The molecule has 0 atom stereocenters. The van der Waals surface area contributed by atoms with Crippen molar-refractivity contribution in [3.05, 3.63) is 62.5 Å². The van der Waals surface area contributed by atoms with E-state index in [1.165, 1.54) is 30.6 Å². The highest BCUT2D eigenvalue weighted by Gasteiger charge is 2.38. The molecule has 1 N–H and O–H groups in total. The van der Waals surface area contributed by atoms with Crippen molar-refractivity contribution in [3.63, 3.8) is 0 Å². The molecule has 0 saturated carbocycles. The Balaban J connectivity index is 1.84. The van der Waals surface area contributed by atoms with Crippen molar-refractivity contribution in [2.45, 2.75) is 26.0 Å². The number of nitrogens with one attached hydrogen (secondary N) is 1. The second-order valence-electron chi connectivity index (χ2n) is 8.13. The van der Waals surface area contributed by atoms with Crippen molar-refractivity contribution < 1.29 is 23.5 Å². The second kappa shape index (κ2) is 8.79. The Bertz CT molecular complexity index is 1260. The largest absolute Gasteiger partial charge is 0.496 e. The maximum Gasteiger partial charge on any atom is 0.348 e. The van der Waals surface area contributed by atoms with Gasteiger partial charge in [-0.15, -0.1) is 11.3 Å². The predicted octanol–water partition coefficient (Wildman–Crippen LogP) is 5.85. The van der Waals surface area contributed by atoms with Crippen LogP contribution >= 0.6 is 27.3 Å². The average molecular weight is 533 g/mol. The number of rotatable bonds is 5. The van der Waals surface area contributed by atoms with Crippen LogP contribution in [0.15, 0.2) is 46.3 Å². The standard InChI is InChI=1S/C24H22BrFN2O4S/c1-24(2)23(30)28(3)21-16(12-32-22(29)19-9-10-20(25)33-19)14(7-8-17(21)27-24)15-6-5-13(26)11-18(15)31-4/h5-11,27H,12H2,1-4H3. The molecule has 9 heteroatoms. The molecule has 6 nitrogen and oxygen atoms in total. The van der Waals surface area contributed by atoms with Gasteiger partial charge in [0.15, 0.2) is 0 Å². The Labute approximate surface area is 203 Å². The zero-order chi connectivity index (χ0) is 23.9. The number of likely N-dealkylation sites (N-methyl/N-ethyl adjacent to an activating group) is 1. The summed E-state index contributed by atoms with van der Waals surface area (Å²) in [6.07, 6.45) is 0. The number of methoxy groups -OCH3 is 1. The van der Waals surface area contributed by atoms with Crippen LogP contribution in [0.3, 0.4) is 0 Å². The first kappa shape index (κ1) is 23.3. The average Bonchev–Trinajstić information content (AvgIpc) is 3.22. The number of nitrogens with zero attached hydrogens (tertiary/aromatic N) is 1. The Morgan fingerprint density at radius 2 is 1.91 bits per heavy atom. The van der Waals surface area contributed by atoms with Crippen LogP contribution in [-0.2, 0) is 16.1 Å². The summed E-state index contributed by atoms with van der Waals surface area (Å²) in [5.41, 5.74) is 2.44. The monoisotopic (exact) mass is 532 g/mol. The summed E-state index contributed by atoms with van der Waals surface area (Å²) in [5.74, 6) is -0.699. The van der Waals surface area contributed by atoms with E-state index in [0.717, 1.165) is 9.47 Å². The topological polar surface area (TPSA) is 67.9 Å². The molecule has 0 fully saturated rings. The first-order valence-electron chi connectivity index (χ1n) is 10.1. The van der Waals surface area contributed by atoms with E-state index in [2.05, 4.69) is 21.2 Å². The molecule has 1 amide bonds. The lowest BCUT2D eigenvalue weighted by Crippen LogP contribution is -2.52. The lowest BCUT2D eigenvalue weighted by atomic mass is 9.92. The Morgan fingerprint density at radius 1 is 1.18 bits per heavy atom. The van der Waals surface area contributed by atoms with Crippen LogP contribution in [0.2, 0.25) is 0 Å². The van der Waals surface area contributed by atoms with Crippen molar-refractivity contribution in [3.8, 4) is 16.9 Å².